The van der Waals surface area contributed by atoms with E-state index in [0.29, 0.717) is 24.7 Å². The van der Waals surface area contributed by atoms with E-state index in [1.165, 1.54) is 19.1 Å². The molecule has 0 aliphatic carbocycles. The van der Waals surface area contributed by atoms with E-state index in [9.17, 15) is 14.9 Å². The molecule has 8 nitrogen and oxygen atoms in total. The maximum absolute atomic E-state index is 11.5. The van der Waals surface area contributed by atoms with Crippen molar-refractivity contribution in [2.24, 2.45) is 0 Å². The zero-order valence-corrected chi connectivity index (χ0v) is 20.2. The molecule has 1 atom stereocenters. The molecule has 33 heavy (non-hydrogen) atoms. The molecule has 2 aromatic rings. The number of nitrogens with zero attached hydrogens (tertiary/aromatic N) is 2. The van der Waals surface area contributed by atoms with Crippen molar-refractivity contribution in [1.29, 1.82) is 0 Å². The SMILES string of the molecule is CC(=O)Oc1c(C)c(C)c2c(c1C)CCC(C)(CN(C)CCOc1ccc([N+](=O)[O-])cc1)O2. The van der Waals surface area contributed by atoms with Crippen LogP contribution in [0.1, 0.15) is 42.5 Å². The van der Waals surface area contributed by atoms with Crippen LogP contribution >= 0.6 is 0 Å². The van der Waals surface area contributed by atoms with Crippen LogP contribution in [0.15, 0.2) is 24.3 Å². The molecule has 3 rings (SSSR count). The number of nitro groups is 1. The molecule has 0 radical (unpaired) electrons. The maximum Gasteiger partial charge on any atom is 0.308 e. The number of ether oxygens (including phenoxy) is 3. The van der Waals surface area contributed by atoms with Crippen molar-refractivity contribution in [2.45, 2.75) is 53.1 Å². The van der Waals surface area contributed by atoms with Crippen LogP contribution in [0.3, 0.4) is 0 Å². The summed E-state index contributed by atoms with van der Waals surface area (Å²) in [7, 11) is 2.02. The molecule has 0 saturated carbocycles. The van der Waals surface area contributed by atoms with Crippen molar-refractivity contribution < 1.29 is 23.9 Å². The number of carbonyl (C=O) groups is 1. The van der Waals surface area contributed by atoms with Gasteiger partial charge in [-0.3, -0.25) is 19.8 Å². The van der Waals surface area contributed by atoms with Gasteiger partial charge < -0.3 is 14.2 Å². The molecule has 0 aromatic heterocycles. The number of rotatable bonds is 8. The van der Waals surface area contributed by atoms with Crippen LogP contribution in [0, 0.1) is 30.9 Å². The van der Waals surface area contributed by atoms with Crippen LogP contribution in [0.2, 0.25) is 0 Å². The molecule has 1 aliphatic rings. The highest BCUT2D eigenvalue weighted by molar-refractivity contribution is 5.72. The van der Waals surface area contributed by atoms with Gasteiger partial charge in [-0.05, 0) is 76.4 Å². The summed E-state index contributed by atoms with van der Waals surface area (Å²) >= 11 is 0. The van der Waals surface area contributed by atoms with E-state index in [0.717, 1.165) is 47.4 Å². The average molecular weight is 457 g/mol. The zero-order valence-electron chi connectivity index (χ0n) is 20.2. The lowest BCUT2D eigenvalue weighted by Gasteiger charge is -2.40. The predicted molar refractivity (Wildman–Crippen MR) is 125 cm³/mol. The van der Waals surface area contributed by atoms with E-state index in [1.54, 1.807) is 12.1 Å². The van der Waals surface area contributed by atoms with Crippen molar-refractivity contribution in [3.8, 4) is 17.2 Å². The van der Waals surface area contributed by atoms with Gasteiger partial charge in [0.25, 0.3) is 5.69 Å². The summed E-state index contributed by atoms with van der Waals surface area (Å²) in [4.78, 5) is 24.0. The highest BCUT2D eigenvalue weighted by atomic mass is 16.6. The monoisotopic (exact) mass is 456 g/mol. The quantitative estimate of drug-likeness (QED) is 0.249. The first-order valence-corrected chi connectivity index (χ1v) is 11.1. The van der Waals surface area contributed by atoms with Gasteiger partial charge in [0.05, 0.1) is 4.92 Å². The van der Waals surface area contributed by atoms with Crippen LogP contribution < -0.4 is 14.2 Å². The lowest BCUT2D eigenvalue weighted by molar-refractivity contribution is -0.384. The zero-order chi connectivity index (χ0) is 24.3. The first-order chi connectivity index (χ1) is 15.5. The summed E-state index contributed by atoms with van der Waals surface area (Å²) in [5.74, 6) is 1.82. The average Bonchev–Trinajstić information content (AvgIpc) is 2.75. The van der Waals surface area contributed by atoms with Crippen molar-refractivity contribution in [1.82, 2.24) is 4.90 Å². The summed E-state index contributed by atoms with van der Waals surface area (Å²) in [5, 5.41) is 10.8. The fourth-order valence-corrected chi connectivity index (χ4v) is 4.32. The van der Waals surface area contributed by atoms with Gasteiger partial charge in [0, 0.05) is 37.7 Å². The summed E-state index contributed by atoms with van der Waals surface area (Å²) in [6, 6.07) is 6.09. The number of esters is 1. The topological polar surface area (TPSA) is 91.1 Å². The van der Waals surface area contributed by atoms with E-state index in [4.69, 9.17) is 14.2 Å². The van der Waals surface area contributed by atoms with Crippen LogP contribution in [-0.2, 0) is 11.2 Å². The minimum atomic E-state index is -0.428. The summed E-state index contributed by atoms with van der Waals surface area (Å²) in [6.45, 7) is 11.4. The Bertz CT molecular complexity index is 1050. The van der Waals surface area contributed by atoms with Gasteiger partial charge in [-0.1, -0.05) is 0 Å². The maximum atomic E-state index is 11.5. The second-order valence-electron chi connectivity index (χ2n) is 8.99. The molecule has 1 unspecified atom stereocenters. The van der Waals surface area contributed by atoms with Crippen molar-refractivity contribution >= 4 is 11.7 Å². The normalized spacial score (nSPS) is 17.3. The number of nitro benzene ring substituents is 1. The first kappa shape index (κ1) is 24.5. The summed E-state index contributed by atoms with van der Waals surface area (Å²) < 4.78 is 17.8. The standard InChI is InChI=1S/C25H32N2O6/c1-16-17(2)24-22(18(3)23(16)32-19(4)28)11-12-25(5,33-24)15-26(6)13-14-31-21-9-7-20(8-10-21)27(29)30/h7-10H,11-15H2,1-6H3. The molecule has 0 fully saturated rings. The van der Waals surface area contributed by atoms with Crippen molar-refractivity contribution in [2.75, 3.05) is 26.7 Å². The van der Waals surface area contributed by atoms with Gasteiger partial charge in [-0.25, -0.2) is 0 Å². The molecule has 0 amide bonds. The molecular formula is C25H32N2O6. The van der Waals surface area contributed by atoms with Gasteiger partial charge in [0.2, 0.25) is 0 Å². The molecule has 8 heteroatoms. The molecular weight excluding hydrogens is 424 g/mol. The van der Waals surface area contributed by atoms with E-state index in [2.05, 4.69) is 11.8 Å². The lowest BCUT2D eigenvalue weighted by Crippen LogP contribution is -2.47. The van der Waals surface area contributed by atoms with E-state index >= 15 is 0 Å². The van der Waals surface area contributed by atoms with Gasteiger partial charge in [-0.15, -0.1) is 0 Å². The third-order valence-electron chi connectivity index (χ3n) is 6.20. The predicted octanol–water partition coefficient (Wildman–Crippen LogP) is 4.54. The lowest BCUT2D eigenvalue weighted by atomic mass is 9.87. The Morgan fingerprint density at radius 2 is 1.85 bits per heavy atom. The first-order valence-electron chi connectivity index (χ1n) is 11.1. The Hall–Kier alpha value is -3.13. The number of likely N-dealkylation sites (N-methyl/N-ethyl adjacent to an activating group) is 1. The molecule has 1 heterocycles. The number of hydrogen-bond donors (Lipinski definition) is 0. The molecule has 1 aliphatic heterocycles. The van der Waals surface area contributed by atoms with Crippen LogP contribution in [0.4, 0.5) is 5.69 Å². The second-order valence-corrected chi connectivity index (χ2v) is 8.99. The molecule has 178 valence electrons. The molecule has 0 bridgehead atoms. The smallest absolute Gasteiger partial charge is 0.308 e. The minimum Gasteiger partial charge on any atom is -0.492 e. The highest BCUT2D eigenvalue weighted by Crippen LogP contribution is 2.44. The Morgan fingerprint density at radius 1 is 1.18 bits per heavy atom. The number of benzene rings is 2. The van der Waals surface area contributed by atoms with Crippen molar-refractivity contribution in [3.63, 3.8) is 0 Å². The number of carbonyl (C=O) groups excluding carboxylic acids is 1. The van der Waals surface area contributed by atoms with E-state index in [-0.39, 0.29) is 17.3 Å². The summed E-state index contributed by atoms with van der Waals surface area (Å²) in [5.41, 5.74) is 3.69. The second kappa shape index (κ2) is 9.79. The highest BCUT2D eigenvalue weighted by Gasteiger charge is 2.35. The number of non-ortho nitro benzene ring substituents is 1. The number of fused-ring (bicyclic) bond motifs is 1. The molecule has 0 spiro atoms. The molecule has 0 saturated heterocycles. The Labute approximate surface area is 194 Å². The van der Waals surface area contributed by atoms with Crippen LogP contribution in [0.25, 0.3) is 0 Å². The third kappa shape index (κ3) is 5.63. The van der Waals surface area contributed by atoms with E-state index in [1.807, 2.05) is 27.8 Å². The van der Waals surface area contributed by atoms with Gasteiger partial charge in [0.15, 0.2) is 0 Å². The Balaban J connectivity index is 1.62. The largest absolute Gasteiger partial charge is 0.492 e. The van der Waals surface area contributed by atoms with E-state index < -0.39 is 4.92 Å². The van der Waals surface area contributed by atoms with Crippen molar-refractivity contribution in [3.05, 3.63) is 56.6 Å². The van der Waals surface area contributed by atoms with Gasteiger partial charge >= 0.3 is 5.97 Å². The fraction of sp³-hybridized carbons (Fsp3) is 0.480. The van der Waals surface area contributed by atoms with Gasteiger partial charge in [-0.2, -0.15) is 0 Å². The van der Waals surface area contributed by atoms with Crippen LogP contribution in [-0.4, -0.2) is 48.1 Å². The summed E-state index contributed by atoms with van der Waals surface area (Å²) in [6.07, 6.45) is 1.69. The Kier molecular flexibility index (Phi) is 7.27. The molecule has 2 aromatic carbocycles. The van der Waals surface area contributed by atoms with Gasteiger partial charge in [0.1, 0.15) is 29.5 Å². The minimum absolute atomic E-state index is 0.0443. The third-order valence-corrected chi connectivity index (χ3v) is 6.20. The van der Waals surface area contributed by atoms with Crippen LogP contribution in [0.5, 0.6) is 17.2 Å². The Morgan fingerprint density at radius 3 is 2.45 bits per heavy atom. The number of hydrogen-bond acceptors (Lipinski definition) is 7. The fourth-order valence-electron chi connectivity index (χ4n) is 4.32. The molecule has 0 N–H and O–H groups in total.